The van der Waals surface area contributed by atoms with Crippen LogP contribution in [0.2, 0.25) is 0 Å². The lowest BCUT2D eigenvalue weighted by Gasteiger charge is -2.03. The van der Waals surface area contributed by atoms with E-state index in [1.165, 1.54) is 19.2 Å². The van der Waals surface area contributed by atoms with Crippen LogP contribution in [0, 0.1) is 5.95 Å². The van der Waals surface area contributed by atoms with Gasteiger partial charge in [0.1, 0.15) is 0 Å². The lowest BCUT2D eigenvalue weighted by molar-refractivity contribution is -0.114. The maximum Gasteiger partial charge on any atom is 0.221 e. The number of nitrogens with zero attached hydrogens (tertiary/aromatic N) is 2. The molecule has 5 heteroatoms. The minimum Gasteiger partial charge on any atom is -0.325 e. The van der Waals surface area contributed by atoms with Gasteiger partial charge in [0.25, 0.3) is 0 Å². The standard InChI is InChI=1S/C12H10FN3O/c1-8(17)16-10-3-4-11(14-7-10)9-2-5-12(13)15-6-9/h2-7H,1H3,(H,16,17). The van der Waals surface area contributed by atoms with Gasteiger partial charge < -0.3 is 5.32 Å². The van der Waals surface area contributed by atoms with Crippen molar-refractivity contribution in [3.8, 4) is 11.3 Å². The first-order chi connectivity index (χ1) is 8.15. The van der Waals surface area contributed by atoms with E-state index in [1.54, 1.807) is 24.4 Å². The number of aromatic nitrogens is 2. The Morgan fingerprint density at radius 3 is 2.53 bits per heavy atom. The van der Waals surface area contributed by atoms with Gasteiger partial charge in [-0.2, -0.15) is 4.39 Å². The number of pyridine rings is 2. The Morgan fingerprint density at radius 1 is 1.18 bits per heavy atom. The van der Waals surface area contributed by atoms with Crippen LogP contribution in [0.5, 0.6) is 0 Å². The molecule has 0 aromatic carbocycles. The van der Waals surface area contributed by atoms with E-state index in [0.717, 1.165) is 5.56 Å². The zero-order valence-corrected chi connectivity index (χ0v) is 9.14. The van der Waals surface area contributed by atoms with Crippen LogP contribution >= 0.6 is 0 Å². The summed E-state index contributed by atoms with van der Waals surface area (Å²) < 4.78 is 12.6. The minimum atomic E-state index is -0.524. The first-order valence-electron chi connectivity index (χ1n) is 5.01. The number of nitrogens with one attached hydrogen (secondary N) is 1. The predicted molar refractivity (Wildman–Crippen MR) is 61.7 cm³/mol. The van der Waals surface area contributed by atoms with E-state index in [-0.39, 0.29) is 5.91 Å². The van der Waals surface area contributed by atoms with Gasteiger partial charge in [-0.05, 0) is 24.3 Å². The van der Waals surface area contributed by atoms with Crippen molar-refractivity contribution >= 4 is 11.6 Å². The second-order valence-corrected chi connectivity index (χ2v) is 3.48. The van der Waals surface area contributed by atoms with E-state index in [1.807, 2.05) is 0 Å². The smallest absolute Gasteiger partial charge is 0.221 e. The highest BCUT2D eigenvalue weighted by Gasteiger charge is 2.01. The summed E-state index contributed by atoms with van der Waals surface area (Å²) in [5.41, 5.74) is 2.02. The Hall–Kier alpha value is -2.30. The third-order valence-corrected chi connectivity index (χ3v) is 2.11. The lowest BCUT2D eigenvalue weighted by atomic mass is 10.2. The highest BCUT2D eigenvalue weighted by Crippen LogP contribution is 2.17. The molecule has 0 unspecified atom stereocenters. The number of carbonyl (C=O) groups excluding carboxylic acids is 1. The Morgan fingerprint density at radius 2 is 2.00 bits per heavy atom. The van der Waals surface area contributed by atoms with Gasteiger partial charge in [-0.1, -0.05) is 0 Å². The number of amides is 1. The molecule has 0 saturated carbocycles. The molecule has 0 aliphatic rings. The summed E-state index contributed by atoms with van der Waals surface area (Å²) in [6, 6.07) is 6.34. The molecule has 2 heterocycles. The van der Waals surface area contributed by atoms with Crippen molar-refractivity contribution < 1.29 is 9.18 Å². The molecule has 1 amide bonds. The number of carbonyl (C=O) groups is 1. The molecular weight excluding hydrogens is 221 g/mol. The Balaban J connectivity index is 2.23. The fourth-order valence-corrected chi connectivity index (χ4v) is 1.37. The lowest BCUT2D eigenvalue weighted by Crippen LogP contribution is -2.05. The van der Waals surface area contributed by atoms with Crippen molar-refractivity contribution in [1.82, 2.24) is 9.97 Å². The van der Waals surface area contributed by atoms with Gasteiger partial charge >= 0.3 is 0 Å². The van der Waals surface area contributed by atoms with E-state index in [4.69, 9.17) is 0 Å². The van der Waals surface area contributed by atoms with Crippen molar-refractivity contribution in [2.75, 3.05) is 5.32 Å². The van der Waals surface area contributed by atoms with Crippen LogP contribution in [-0.2, 0) is 4.79 Å². The summed E-state index contributed by atoms with van der Waals surface area (Å²) in [6.45, 7) is 1.43. The Kier molecular flexibility index (Phi) is 3.09. The maximum absolute atomic E-state index is 12.6. The first-order valence-corrected chi connectivity index (χ1v) is 5.01. The van der Waals surface area contributed by atoms with Crippen LogP contribution in [-0.4, -0.2) is 15.9 Å². The molecule has 4 nitrogen and oxygen atoms in total. The van der Waals surface area contributed by atoms with Gasteiger partial charge in [-0.25, -0.2) is 4.98 Å². The van der Waals surface area contributed by atoms with E-state index >= 15 is 0 Å². The molecule has 0 atom stereocenters. The summed E-state index contributed by atoms with van der Waals surface area (Å²) >= 11 is 0. The SMILES string of the molecule is CC(=O)Nc1ccc(-c2ccc(F)nc2)nc1. The first kappa shape index (κ1) is 11.2. The molecule has 2 rings (SSSR count). The second-order valence-electron chi connectivity index (χ2n) is 3.48. The molecule has 86 valence electrons. The third-order valence-electron chi connectivity index (χ3n) is 2.11. The van der Waals surface area contributed by atoms with E-state index in [2.05, 4.69) is 15.3 Å². The zero-order valence-electron chi connectivity index (χ0n) is 9.14. The molecule has 0 aliphatic carbocycles. The number of halogens is 1. The molecular formula is C12H10FN3O. The average molecular weight is 231 g/mol. The van der Waals surface area contributed by atoms with Crippen LogP contribution in [0.1, 0.15) is 6.92 Å². The largest absolute Gasteiger partial charge is 0.325 e. The molecule has 1 N–H and O–H groups in total. The van der Waals surface area contributed by atoms with Crippen molar-refractivity contribution in [1.29, 1.82) is 0 Å². The maximum atomic E-state index is 12.6. The molecule has 0 radical (unpaired) electrons. The van der Waals surface area contributed by atoms with Crippen LogP contribution in [0.15, 0.2) is 36.7 Å². The summed E-state index contributed by atoms with van der Waals surface area (Å²) in [6.07, 6.45) is 2.95. The summed E-state index contributed by atoms with van der Waals surface area (Å²) in [4.78, 5) is 18.5. The molecule has 17 heavy (non-hydrogen) atoms. The summed E-state index contributed by atoms with van der Waals surface area (Å²) in [5.74, 6) is -0.674. The number of hydrogen-bond donors (Lipinski definition) is 1. The Bertz CT molecular complexity index is 522. The normalized spacial score (nSPS) is 10.0. The van der Waals surface area contributed by atoms with E-state index in [9.17, 15) is 9.18 Å². The summed E-state index contributed by atoms with van der Waals surface area (Å²) in [7, 11) is 0. The van der Waals surface area contributed by atoms with Crippen LogP contribution in [0.3, 0.4) is 0 Å². The fourth-order valence-electron chi connectivity index (χ4n) is 1.37. The van der Waals surface area contributed by atoms with Gasteiger partial charge in [-0.3, -0.25) is 9.78 Å². The molecule has 0 fully saturated rings. The number of rotatable bonds is 2. The van der Waals surface area contributed by atoms with Gasteiger partial charge in [-0.15, -0.1) is 0 Å². The minimum absolute atomic E-state index is 0.150. The van der Waals surface area contributed by atoms with E-state index in [0.29, 0.717) is 11.4 Å². The third kappa shape index (κ3) is 2.84. The van der Waals surface area contributed by atoms with Gasteiger partial charge in [0.2, 0.25) is 11.9 Å². The average Bonchev–Trinajstić information content (AvgIpc) is 2.30. The van der Waals surface area contributed by atoms with Crippen molar-refractivity contribution in [2.24, 2.45) is 0 Å². The molecule has 2 aromatic rings. The monoisotopic (exact) mass is 231 g/mol. The molecule has 0 saturated heterocycles. The molecule has 0 spiro atoms. The number of hydrogen-bond acceptors (Lipinski definition) is 3. The highest BCUT2D eigenvalue weighted by molar-refractivity contribution is 5.88. The predicted octanol–water partition coefficient (Wildman–Crippen LogP) is 2.24. The van der Waals surface area contributed by atoms with Gasteiger partial charge in [0.05, 0.1) is 17.6 Å². The van der Waals surface area contributed by atoms with E-state index < -0.39 is 5.95 Å². The van der Waals surface area contributed by atoms with Crippen LogP contribution in [0.25, 0.3) is 11.3 Å². The van der Waals surface area contributed by atoms with Gasteiger partial charge in [0.15, 0.2) is 0 Å². The van der Waals surface area contributed by atoms with Gasteiger partial charge in [0, 0.05) is 18.7 Å². The van der Waals surface area contributed by atoms with Crippen molar-refractivity contribution in [3.63, 3.8) is 0 Å². The highest BCUT2D eigenvalue weighted by atomic mass is 19.1. The summed E-state index contributed by atoms with van der Waals surface area (Å²) in [5, 5.41) is 2.62. The van der Waals surface area contributed by atoms with Crippen LogP contribution < -0.4 is 5.32 Å². The number of anilines is 1. The second kappa shape index (κ2) is 4.69. The Labute approximate surface area is 97.5 Å². The quantitative estimate of drug-likeness (QED) is 0.806. The molecule has 0 aliphatic heterocycles. The molecule has 0 bridgehead atoms. The van der Waals surface area contributed by atoms with Crippen molar-refractivity contribution in [3.05, 3.63) is 42.6 Å². The zero-order chi connectivity index (χ0) is 12.3. The van der Waals surface area contributed by atoms with Crippen molar-refractivity contribution in [2.45, 2.75) is 6.92 Å². The molecule has 2 aromatic heterocycles. The fraction of sp³-hybridized carbons (Fsp3) is 0.0833. The topological polar surface area (TPSA) is 54.9 Å². The van der Waals surface area contributed by atoms with Crippen LogP contribution in [0.4, 0.5) is 10.1 Å².